The average Bonchev–Trinajstić information content (AvgIpc) is 3.33. The summed E-state index contributed by atoms with van der Waals surface area (Å²) in [7, 11) is 0. The minimum atomic E-state index is -0.0743. The van der Waals surface area contributed by atoms with E-state index in [9.17, 15) is 4.79 Å². The lowest BCUT2D eigenvalue weighted by molar-refractivity contribution is 0.0111. The second-order valence-corrected chi connectivity index (χ2v) is 10.4. The van der Waals surface area contributed by atoms with Gasteiger partial charge in [-0.3, -0.25) is 4.57 Å². The van der Waals surface area contributed by atoms with Gasteiger partial charge < -0.3 is 24.5 Å². The van der Waals surface area contributed by atoms with Crippen LogP contribution in [0.1, 0.15) is 54.9 Å². The Morgan fingerprint density at radius 3 is 2.50 bits per heavy atom. The standard InChI is InChI=1S/C33H41N3O4/c1-3-24-9-5-6-10-26(24)22-38-19-8-20-39-28-15-13-25(14-16-28)29-17-18-34-21-31(29)40-23-27-11-7-12-30-32(27)35-33(37)36(30)4-2/h5-7,9-16,29,31,34H,3-4,8,17-23H2,1-2H3,(H,35,37)/t29-,31+/m1/s1. The monoisotopic (exact) mass is 543 g/mol. The first-order chi connectivity index (χ1) is 19.7. The van der Waals surface area contributed by atoms with Crippen LogP contribution in [0.2, 0.25) is 0 Å². The summed E-state index contributed by atoms with van der Waals surface area (Å²) in [4.78, 5) is 15.3. The summed E-state index contributed by atoms with van der Waals surface area (Å²) in [6.45, 7) is 8.97. The first kappa shape index (κ1) is 28.1. The summed E-state index contributed by atoms with van der Waals surface area (Å²) in [6.07, 6.45) is 2.93. The summed E-state index contributed by atoms with van der Waals surface area (Å²) in [6, 6.07) is 22.9. The van der Waals surface area contributed by atoms with E-state index >= 15 is 0 Å². The van der Waals surface area contributed by atoms with E-state index in [1.807, 2.05) is 25.1 Å². The predicted molar refractivity (Wildman–Crippen MR) is 159 cm³/mol. The first-order valence-electron chi connectivity index (χ1n) is 14.6. The van der Waals surface area contributed by atoms with Crippen molar-refractivity contribution >= 4 is 11.0 Å². The Labute approximate surface area is 236 Å². The molecule has 212 valence electrons. The van der Waals surface area contributed by atoms with Gasteiger partial charge in [-0.15, -0.1) is 0 Å². The van der Waals surface area contributed by atoms with E-state index < -0.39 is 0 Å². The minimum Gasteiger partial charge on any atom is -0.494 e. The number of nitrogens with one attached hydrogen (secondary N) is 2. The molecule has 1 aliphatic heterocycles. The van der Waals surface area contributed by atoms with Gasteiger partial charge in [0.05, 0.1) is 43.6 Å². The normalized spacial score (nSPS) is 17.4. The SMILES string of the molecule is CCc1ccccc1COCCCOc1ccc([C@H]2CCNC[C@@H]2OCc2cccc3c2[nH]c(=O)n3CC)cc1. The van der Waals surface area contributed by atoms with Crippen LogP contribution in [0.15, 0.2) is 71.5 Å². The molecule has 7 heteroatoms. The number of benzene rings is 3. The Balaban J connectivity index is 1.11. The van der Waals surface area contributed by atoms with Gasteiger partial charge in [-0.2, -0.15) is 0 Å². The molecule has 5 rings (SSSR count). The Morgan fingerprint density at radius 2 is 1.70 bits per heavy atom. The molecule has 1 fully saturated rings. The van der Waals surface area contributed by atoms with Crippen molar-refractivity contribution in [2.45, 2.75) is 64.9 Å². The number of hydrogen-bond donors (Lipinski definition) is 2. The number of para-hydroxylation sites is 1. The highest BCUT2D eigenvalue weighted by Gasteiger charge is 2.27. The molecule has 0 spiro atoms. The second kappa shape index (κ2) is 13.8. The summed E-state index contributed by atoms with van der Waals surface area (Å²) in [5, 5.41) is 3.48. The highest BCUT2D eigenvalue weighted by molar-refractivity contribution is 5.78. The smallest absolute Gasteiger partial charge is 0.326 e. The fourth-order valence-electron chi connectivity index (χ4n) is 5.64. The molecule has 0 unspecified atom stereocenters. The van der Waals surface area contributed by atoms with Crippen LogP contribution in [0.5, 0.6) is 5.75 Å². The van der Waals surface area contributed by atoms with Gasteiger partial charge >= 0.3 is 5.69 Å². The molecule has 2 N–H and O–H groups in total. The predicted octanol–water partition coefficient (Wildman–Crippen LogP) is 5.56. The molecule has 1 aromatic heterocycles. The van der Waals surface area contributed by atoms with Crippen molar-refractivity contribution in [3.8, 4) is 5.75 Å². The molecule has 0 saturated carbocycles. The van der Waals surface area contributed by atoms with E-state index in [0.29, 0.717) is 38.9 Å². The first-order valence-corrected chi connectivity index (χ1v) is 14.6. The Kier molecular flexibility index (Phi) is 9.71. The van der Waals surface area contributed by atoms with E-state index in [4.69, 9.17) is 14.2 Å². The van der Waals surface area contributed by atoms with Gasteiger partial charge in [0.2, 0.25) is 0 Å². The van der Waals surface area contributed by atoms with Gasteiger partial charge in [0.25, 0.3) is 0 Å². The van der Waals surface area contributed by atoms with Gasteiger partial charge in [0, 0.05) is 31.0 Å². The van der Waals surface area contributed by atoms with Crippen molar-refractivity contribution in [1.29, 1.82) is 0 Å². The molecule has 3 aromatic carbocycles. The van der Waals surface area contributed by atoms with E-state index in [2.05, 4.69) is 65.8 Å². The second-order valence-electron chi connectivity index (χ2n) is 10.4. The number of piperidine rings is 1. The molecule has 0 amide bonds. The maximum absolute atomic E-state index is 12.3. The number of nitrogens with zero attached hydrogens (tertiary/aromatic N) is 1. The van der Waals surface area contributed by atoms with Crippen LogP contribution in [0.4, 0.5) is 0 Å². The number of aryl methyl sites for hydroxylation is 2. The van der Waals surface area contributed by atoms with Gasteiger partial charge in [-0.25, -0.2) is 4.79 Å². The van der Waals surface area contributed by atoms with Crippen LogP contribution in [0.25, 0.3) is 11.0 Å². The number of aromatic amines is 1. The van der Waals surface area contributed by atoms with Gasteiger partial charge in [0.1, 0.15) is 5.75 Å². The lowest BCUT2D eigenvalue weighted by Crippen LogP contribution is -2.40. The van der Waals surface area contributed by atoms with Crippen molar-refractivity contribution in [1.82, 2.24) is 14.9 Å². The molecule has 0 radical (unpaired) electrons. The van der Waals surface area contributed by atoms with Crippen molar-refractivity contribution in [2.24, 2.45) is 0 Å². The van der Waals surface area contributed by atoms with E-state index in [1.54, 1.807) is 4.57 Å². The molecular formula is C33H41N3O4. The van der Waals surface area contributed by atoms with Crippen LogP contribution in [0, 0.1) is 0 Å². The van der Waals surface area contributed by atoms with E-state index in [-0.39, 0.29) is 11.8 Å². The number of imidazole rings is 1. The van der Waals surface area contributed by atoms with E-state index in [0.717, 1.165) is 54.7 Å². The highest BCUT2D eigenvalue weighted by Crippen LogP contribution is 2.30. The number of aromatic nitrogens is 2. The Bertz CT molecular complexity index is 1430. The number of rotatable bonds is 13. The maximum Gasteiger partial charge on any atom is 0.326 e. The quantitative estimate of drug-likeness (QED) is 0.216. The highest BCUT2D eigenvalue weighted by atomic mass is 16.5. The fraction of sp³-hybridized carbons (Fsp3) is 0.424. The molecule has 4 aromatic rings. The molecule has 2 atom stereocenters. The van der Waals surface area contributed by atoms with Gasteiger partial charge in [-0.05, 0) is 61.2 Å². The van der Waals surface area contributed by atoms with Gasteiger partial charge in [-0.1, -0.05) is 55.5 Å². The molecule has 0 aliphatic carbocycles. The Hall–Kier alpha value is -3.39. The lowest BCUT2D eigenvalue weighted by Gasteiger charge is -2.32. The third-order valence-electron chi connectivity index (χ3n) is 7.86. The van der Waals surface area contributed by atoms with E-state index in [1.165, 1.54) is 16.7 Å². The maximum atomic E-state index is 12.3. The van der Waals surface area contributed by atoms with Crippen molar-refractivity contribution in [2.75, 3.05) is 26.3 Å². The molecule has 2 heterocycles. The fourth-order valence-corrected chi connectivity index (χ4v) is 5.64. The van der Waals surface area contributed by atoms with Crippen molar-refractivity contribution < 1.29 is 14.2 Å². The average molecular weight is 544 g/mol. The zero-order chi connectivity index (χ0) is 27.7. The summed E-state index contributed by atoms with van der Waals surface area (Å²) < 4.78 is 20.1. The summed E-state index contributed by atoms with van der Waals surface area (Å²) in [5.74, 6) is 1.18. The lowest BCUT2D eigenvalue weighted by atomic mass is 9.87. The number of hydrogen-bond acceptors (Lipinski definition) is 5. The number of H-pyrrole nitrogens is 1. The molecule has 1 saturated heterocycles. The Morgan fingerprint density at radius 1 is 0.900 bits per heavy atom. The van der Waals surface area contributed by atoms with Crippen LogP contribution in [-0.2, 0) is 35.7 Å². The number of ether oxygens (including phenoxy) is 3. The molecule has 7 nitrogen and oxygen atoms in total. The molecule has 40 heavy (non-hydrogen) atoms. The molecule has 0 bridgehead atoms. The van der Waals surface area contributed by atoms with Crippen molar-refractivity contribution in [3.05, 3.63) is 99.5 Å². The molecule has 1 aliphatic rings. The minimum absolute atomic E-state index is 0.0470. The van der Waals surface area contributed by atoms with Crippen LogP contribution >= 0.6 is 0 Å². The summed E-state index contributed by atoms with van der Waals surface area (Å²) in [5.41, 5.74) is 6.61. The largest absolute Gasteiger partial charge is 0.494 e. The third-order valence-corrected chi connectivity index (χ3v) is 7.86. The third kappa shape index (κ3) is 6.66. The zero-order valence-electron chi connectivity index (χ0n) is 23.7. The van der Waals surface area contributed by atoms with Crippen LogP contribution < -0.4 is 15.7 Å². The van der Waals surface area contributed by atoms with Crippen LogP contribution in [0.3, 0.4) is 0 Å². The number of fused-ring (bicyclic) bond motifs is 1. The summed E-state index contributed by atoms with van der Waals surface area (Å²) >= 11 is 0. The molecular weight excluding hydrogens is 502 g/mol. The van der Waals surface area contributed by atoms with Crippen LogP contribution in [-0.4, -0.2) is 42.0 Å². The topological polar surface area (TPSA) is 77.5 Å². The zero-order valence-corrected chi connectivity index (χ0v) is 23.7. The van der Waals surface area contributed by atoms with Crippen molar-refractivity contribution in [3.63, 3.8) is 0 Å². The van der Waals surface area contributed by atoms with Gasteiger partial charge in [0.15, 0.2) is 0 Å².